The normalized spacial score (nSPS) is 16.6. The maximum Gasteiger partial charge on any atom is 0.407 e. The van der Waals surface area contributed by atoms with Crippen LogP contribution in [0.2, 0.25) is 5.02 Å². The number of amides is 2. The highest BCUT2D eigenvalue weighted by molar-refractivity contribution is 7.17. The van der Waals surface area contributed by atoms with E-state index in [0.29, 0.717) is 43.4 Å². The third-order valence-corrected chi connectivity index (χ3v) is 7.48. The van der Waals surface area contributed by atoms with Crippen LogP contribution in [0, 0.1) is 0 Å². The summed E-state index contributed by atoms with van der Waals surface area (Å²) >= 11 is 7.50. The zero-order valence-electron chi connectivity index (χ0n) is 17.7. The molecule has 9 heteroatoms. The van der Waals surface area contributed by atoms with Crippen LogP contribution in [0.15, 0.2) is 48.7 Å². The molecular weight excluding hydrogens is 462 g/mol. The average Bonchev–Trinajstić information content (AvgIpc) is 3.26. The van der Waals surface area contributed by atoms with E-state index in [4.69, 9.17) is 21.4 Å². The Kier molecular flexibility index (Phi) is 5.95. The Morgan fingerprint density at radius 2 is 1.88 bits per heavy atom. The van der Waals surface area contributed by atoms with Crippen molar-refractivity contribution < 1.29 is 19.4 Å². The van der Waals surface area contributed by atoms with Gasteiger partial charge in [-0.05, 0) is 41.8 Å². The fourth-order valence-electron chi connectivity index (χ4n) is 4.19. The van der Waals surface area contributed by atoms with Crippen molar-refractivity contribution in [1.29, 1.82) is 0 Å². The summed E-state index contributed by atoms with van der Waals surface area (Å²) in [6.45, 7) is 1.52. The van der Waals surface area contributed by atoms with Gasteiger partial charge in [-0.15, -0.1) is 11.3 Å². The standard InChI is InChI=1S/C24H22ClN3O4S/c25-17-3-1-15(2-4-17)20-13-16-7-12-28(23(29)22(16)33-20)18-5-6-21(26-14-18)32-19-8-10-27(11-9-19)24(30)31/h1-6,13-14,19H,7-12H2,(H,30,31). The Balaban J connectivity index is 1.26. The number of halogens is 1. The van der Waals surface area contributed by atoms with E-state index >= 15 is 0 Å². The highest BCUT2D eigenvalue weighted by Crippen LogP contribution is 2.36. The summed E-state index contributed by atoms with van der Waals surface area (Å²) in [5.41, 5.74) is 2.86. The zero-order chi connectivity index (χ0) is 22.9. The largest absolute Gasteiger partial charge is 0.474 e. The molecule has 33 heavy (non-hydrogen) atoms. The van der Waals surface area contributed by atoms with Gasteiger partial charge in [0, 0.05) is 48.4 Å². The number of nitrogens with zero attached hydrogens (tertiary/aromatic N) is 3. The van der Waals surface area contributed by atoms with Crippen LogP contribution in [-0.4, -0.2) is 52.7 Å². The Morgan fingerprint density at radius 1 is 1.12 bits per heavy atom. The Bertz CT molecular complexity index is 1170. The van der Waals surface area contributed by atoms with Gasteiger partial charge in [-0.2, -0.15) is 0 Å². The van der Waals surface area contributed by atoms with Gasteiger partial charge in [0.15, 0.2) is 0 Å². The smallest absolute Gasteiger partial charge is 0.407 e. The average molecular weight is 484 g/mol. The minimum absolute atomic E-state index is 0.0158. The first-order chi connectivity index (χ1) is 16.0. The van der Waals surface area contributed by atoms with Crippen LogP contribution in [0.4, 0.5) is 10.5 Å². The van der Waals surface area contributed by atoms with Gasteiger partial charge in [0.1, 0.15) is 6.10 Å². The molecule has 0 aliphatic carbocycles. The number of fused-ring (bicyclic) bond motifs is 1. The molecule has 7 nitrogen and oxygen atoms in total. The van der Waals surface area contributed by atoms with Crippen molar-refractivity contribution in [3.63, 3.8) is 0 Å². The second-order valence-corrected chi connectivity index (χ2v) is 9.61. The van der Waals surface area contributed by atoms with E-state index in [1.165, 1.54) is 16.2 Å². The number of hydrogen-bond acceptors (Lipinski definition) is 5. The van der Waals surface area contributed by atoms with E-state index in [1.54, 1.807) is 17.2 Å². The number of likely N-dealkylation sites (tertiary alicyclic amines) is 1. The van der Waals surface area contributed by atoms with Crippen molar-refractivity contribution in [2.24, 2.45) is 0 Å². The molecule has 0 saturated carbocycles. The molecule has 2 aliphatic heterocycles. The number of benzene rings is 1. The van der Waals surface area contributed by atoms with Crippen LogP contribution in [0.1, 0.15) is 28.1 Å². The van der Waals surface area contributed by atoms with Gasteiger partial charge in [-0.1, -0.05) is 23.7 Å². The summed E-state index contributed by atoms with van der Waals surface area (Å²) in [6.07, 6.45) is 2.77. The van der Waals surface area contributed by atoms with Crippen LogP contribution in [-0.2, 0) is 6.42 Å². The summed E-state index contributed by atoms with van der Waals surface area (Å²) in [4.78, 5) is 33.6. The highest BCUT2D eigenvalue weighted by atomic mass is 35.5. The number of piperidine rings is 1. The molecule has 2 aliphatic rings. The van der Waals surface area contributed by atoms with E-state index in [-0.39, 0.29) is 12.0 Å². The lowest BCUT2D eigenvalue weighted by Crippen LogP contribution is -2.41. The van der Waals surface area contributed by atoms with Crippen LogP contribution in [0.3, 0.4) is 0 Å². The molecular formula is C24H22ClN3O4S. The SMILES string of the molecule is O=C(O)N1CCC(Oc2ccc(N3CCc4cc(-c5ccc(Cl)cc5)sc4C3=O)cn2)CC1. The first kappa shape index (κ1) is 21.7. The van der Waals surface area contributed by atoms with E-state index < -0.39 is 6.09 Å². The van der Waals surface area contributed by atoms with E-state index in [2.05, 4.69) is 11.1 Å². The third kappa shape index (κ3) is 4.54. The molecule has 2 aromatic heterocycles. The number of thiophene rings is 1. The van der Waals surface area contributed by atoms with Gasteiger partial charge in [0.25, 0.3) is 5.91 Å². The number of ether oxygens (including phenoxy) is 1. The number of carboxylic acid groups (broad SMARTS) is 1. The van der Waals surface area contributed by atoms with Gasteiger partial charge in [-0.25, -0.2) is 9.78 Å². The molecule has 0 spiro atoms. The summed E-state index contributed by atoms with van der Waals surface area (Å²) in [5, 5.41) is 9.74. The van der Waals surface area contributed by atoms with Gasteiger partial charge in [0.05, 0.1) is 16.8 Å². The maximum atomic E-state index is 13.2. The molecule has 0 unspecified atom stereocenters. The molecule has 0 atom stereocenters. The molecule has 1 aromatic carbocycles. The van der Waals surface area contributed by atoms with Crippen LogP contribution >= 0.6 is 22.9 Å². The predicted octanol–water partition coefficient (Wildman–Crippen LogP) is 5.19. The molecule has 4 heterocycles. The Morgan fingerprint density at radius 3 is 2.55 bits per heavy atom. The fourth-order valence-corrected chi connectivity index (χ4v) is 5.48. The number of carbonyl (C=O) groups excluding carboxylic acids is 1. The van der Waals surface area contributed by atoms with Crippen molar-refractivity contribution >= 4 is 40.6 Å². The first-order valence-electron chi connectivity index (χ1n) is 10.8. The number of hydrogen-bond donors (Lipinski definition) is 1. The van der Waals surface area contributed by atoms with Crippen molar-refractivity contribution in [3.05, 3.63) is 64.1 Å². The zero-order valence-corrected chi connectivity index (χ0v) is 19.3. The molecule has 0 bridgehead atoms. The Labute approximate surface area is 200 Å². The second kappa shape index (κ2) is 9.03. The lowest BCUT2D eigenvalue weighted by Gasteiger charge is -2.30. The molecule has 0 radical (unpaired) electrons. The molecule has 1 saturated heterocycles. The summed E-state index contributed by atoms with van der Waals surface area (Å²) < 4.78 is 5.93. The second-order valence-electron chi connectivity index (χ2n) is 8.12. The van der Waals surface area contributed by atoms with Crippen molar-refractivity contribution in [2.75, 3.05) is 24.5 Å². The minimum atomic E-state index is -0.892. The van der Waals surface area contributed by atoms with Crippen molar-refractivity contribution in [1.82, 2.24) is 9.88 Å². The van der Waals surface area contributed by atoms with Crippen molar-refractivity contribution in [2.45, 2.75) is 25.4 Å². The van der Waals surface area contributed by atoms with Gasteiger partial charge >= 0.3 is 6.09 Å². The number of carbonyl (C=O) groups is 2. The molecule has 5 rings (SSSR count). The third-order valence-electron chi connectivity index (χ3n) is 6.01. The summed E-state index contributed by atoms with van der Waals surface area (Å²) in [6, 6.07) is 13.4. The molecule has 2 amide bonds. The fraction of sp³-hybridized carbons (Fsp3) is 0.292. The molecule has 170 valence electrons. The predicted molar refractivity (Wildman–Crippen MR) is 128 cm³/mol. The van der Waals surface area contributed by atoms with E-state index in [1.807, 2.05) is 30.3 Å². The summed E-state index contributed by atoms with van der Waals surface area (Å²) in [5.74, 6) is 0.469. The molecule has 3 aromatic rings. The van der Waals surface area contributed by atoms with Crippen molar-refractivity contribution in [3.8, 4) is 16.3 Å². The minimum Gasteiger partial charge on any atom is -0.474 e. The van der Waals surface area contributed by atoms with Gasteiger partial charge < -0.3 is 19.6 Å². The van der Waals surface area contributed by atoms with E-state index in [9.17, 15) is 9.59 Å². The van der Waals surface area contributed by atoms with Gasteiger partial charge in [0.2, 0.25) is 5.88 Å². The monoisotopic (exact) mass is 483 g/mol. The Hall–Kier alpha value is -3.10. The number of aromatic nitrogens is 1. The lowest BCUT2D eigenvalue weighted by molar-refractivity contribution is 0.0869. The topological polar surface area (TPSA) is 83.0 Å². The highest BCUT2D eigenvalue weighted by Gasteiger charge is 2.29. The van der Waals surface area contributed by atoms with E-state index in [0.717, 1.165) is 33.0 Å². The van der Waals surface area contributed by atoms with Gasteiger partial charge in [-0.3, -0.25) is 4.79 Å². The summed E-state index contributed by atoms with van der Waals surface area (Å²) in [7, 11) is 0. The number of rotatable bonds is 4. The van der Waals surface area contributed by atoms with Crippen LogP contribution in [0.25, 0.3) is 10.4 Å². The lowest BCUT2D eigenvalue weighted by atomic mass is 10.1. The maximum absolute atomic E-state index is 13.2. The van der Waals surface area contributed by atoms with Crippen LogP contribution < -0.4 is 9.64 Å². The number of pyridine rings is 1. The first-order valence-corrected chi connectivity index (χ1v) is 12.0. The number of anilines is 1. The molecule has 1 N–H and O–H groups in total. The quantitative estimate of drug-likeness (QED) is 0.552. The van der Waals surface area contributed by atoms with Crippen LogP contribution in [0.5, 0.6) is 5.88 Å². The molecule has 1 fully saturated rings.